The van der Waals surface area contributed by atoms with Crippen molar-refractivity contribution in [2.24, 2.45) is 5.92 Å². The number of carbonyl (C=O) groups is 2. The molecule has 1 unspecified atom stereocenters. The maximum Gasteiger partial charge on any atom is 0.407 e. The van der Waals surface area contributed by atoms with Crippen molar-refractivity contribution in [2.45, 2.75) is 59.4 Å². The molecule has 1 rings (SSSR count). The summed E-state index contributed by atoms with van der Waals surface area (Å²) in [5.41, 5.74) is 2.05. The molecule has 1 aromatic carbocycles. The van der Waals surface area contributed by atoms with Gasteiger partial charge in [0.15, 0.2) is 0 Å². The van der Waals surface area contributed by atoms with Crippen molar-refractivity contribution < 1.29 is 19.1 Å². The van der Waals surface area contributed by atoms with E-state index >= 15 is 0 Å². The molecule has 0 bridgehead atoms. The van der Waals surface area contributed by atoms with Crippen molar-refractivity contribution in [2.75, 3.05) is 7.11 Å². The molecule has 0 spiro atoms. The maximum atomic E-state index is 12.4. The lowest BCUT2D eigenvalue weighted by atomic mass is 10.0. The van der Waals surface area contributed by atoms with Crippen LogP contribution in [-0.2, 0) is 27.4 Å². The molecule has 0 aliphatic carbocycles. The van der Waals surface area contributed by atoms with Gasteiger partial charge in [0, 0.05) is 6.54 Å². The smallest absolute Gasteiger partial charge is 0.407 e. The van der Waals surface area contributed by atoms with Crippen LogP contribution < -0.4 is 10.6 Å². The first-order valence-corrected chi connectivity index (χ1v) is 8.63. The van der Waals surface area contributed by atoms with E-state index in [1.165, 1.54) is 7.11 Å². The molecule has 6 heteroatoms. The number of methoxy groups -OCH3 is 1. The average molecular weight is 350 g/mol. The van der Waals surface area contributed by atoms with Gasteiger partial charge < -0.3 is 20.1 Å². The van der Waals surface area contributed by atoms with E-state index in [0.29, 0.717) is 19.6 Å². The molecule has 6 nitrogen and oxygen atoms in total. The Morgan fingerprint density at radius 3 is 2.40 bits per heavy atom. The van der Waals surface area contributed by atoms with Crippen LogP contribution in [0.2, 0.25) is 0 Å². The van der Waals surface area contributed by atoms with E-state index in [1.54, 1.807) is 0 Å². The highest BCUT2D eigenvalue weighted by Gasteiger charge is 2.21. The third-order valence-electron chi connectivity index (χ3n) is 3.54. The van der Waals surface area contributed by atoms with Gasteiger partial charge in [0.2, 0.25) is 5.91 Å². The molecule has 0 fully saturated rings. The minimum Gasteiger partial charge on any atom is -0.453 e. The maximum absolute atomic E-state index is 12.4. The summed E-state index contributed by atoms with van der Waals surface area (Å²) in [5.74, 6) is 0.0485. The molecule has 0 heterocycles. The molecule has 0 aliphatic heterocycles. The summed E-state index contributed by atoms with van der Waals surface area (Å²) in [7, 11) is 1.28. The summed E-state index contributed by atoms with van der Waals surface area (Å²) >= 11 is 0. The summed E-state index contributed by atoms with van der Waals surface area (Å²) < 4.78 is 10.2. The topological polar surface area (TPSA) is 76.7 Å². The number of amides is 2. The van der Waals surface area contributed by atoms with Crippen molar-refractivity contribution in [1.82, 2.24) is 10.6 Å². The van der Waals surface area contributed by atoms with Gasteiger partial charge in [-0.3, -0.25) is 4.79 Å². The van der Waals surface area contributed by atoms with Crippen LogP contribution in [0.15, 0.2) is 24.3 Å². The second-order valence-electron chi connectivity index (χ2n) is 6.72. The summed E-state index contributed by atoms with van der Waals surface area (Å²) in [5, 5.41) is 5.46. The number of hydrogen-bond acceptors (Lipinski definition) is 4. The van der Waals surface area contributed by atoms with Crippen molar-refractivity contribution >= 4 is 12.0 Å². The highest BCUT2D eigenvalue weighted by atomic mass is 16.5. The lowest BCUT2D eigenvalue weighted by Gasteiger charge is -2.19. The van der Waals surface area contributed by atoms with Gasteiger partial charge in [0.05, 0.1) is 19.8 Å². The Bertz CT molecular complexity index is 558. The molecule has 140 valence electrons. The Morgan fingerprint density at radius 2 is 1.80 bits per heavy atom. The van der Waals surface area contributed by atoms with Crippen LogP contribution in [0.5, 0.6) is 0 Å². The van der Waals surface area contributed by atoms with Crippen LogP contribution in [0.25, 0.3) is 0 Å². The van der Waals surface area contributed by atoms with Gasteiger partial charge in [0.25, 0.3) is 0 Å². The zero-order valence-electron chi connectivity index (χ0n) is 15.8. The Kier molecular flexibility index (Phi) is 8.99. The summed E-state index contributed by atoms with van der Waals surface area (Å²) in [6.45, 7) is 8.92. The third kappa shape index (κ3) is 8.54. The molecule has 0 saturated carbocycles. The van der Waals surface area contributed by atoms with E-state index < -0.39 is 12.1 Å². The van der Waals surface area contributed by atoms with Gasteiger partial charge in [-0.25, -0.2) is 4.79 Å². The molecule has 2 amide bonds. The SMILES string of the molecule is COC(=O)NC(CC(C)C)C(=O)NCc1cccc(COC(C)C)c1. The lowest BCUT2D eigenvalue weighted by molar-refractivity contribution is -0.123. The Balaban J connectivity index is 2.62. The fourth-order valence-corrected chi connectivity index (χ4v) is 2.31. The predicted molar refractivity (Wildman–Crippen MR) is 97.0 cm³/mol. The predicted octanol–water partition coefficient (Wildman–Crippen LogP) is 3.00. The van der Waals surface area contributed by atoms with Gasteiger partial charge in [-0.2, -0.15) is 0 Å². The van der Waals surface area contributed by atoms with Crippen LogP contribution in [0.1, 0.15) is 45.2 Å². The number of benzene rings is 1. The van der Waals surface area contributed by atoms with Gasteiger partial charge in [-0.15, -0.1) is 0 Å². The van der Waals surface area contributed by atoms with E-state index in [2.05, 4.69) is 15.4 Å². The largest absolute Gasteiger partial charge is 0.453 e. The monoisotopic (exact) mass is 350 g/mol. The van der Waals surface area contributed by atoms with Gasteiger partial charge in [0.1, 0.15) is 6.04 Å². The Hall–Kier alpha value is -2.08. The third-order valence-corrected chi connectivity index (χ3v) is 3.54. The standard InChI is InChI=1S/C19H30N2O4/c1-13(2)9-17(21-19(23)24-5)18(22)20-11-15-7-6-8-16(10-15)12-25-14(3)4/h6-8,10,13-14,17H,9,11-12H2,1-5H3,(H,20,22)(H,21,23). The quantitative estimate of drug-likeness (QED) is 0.718. The lowest BCUT2D eigenvalue weighted by Crippen LogP contribution is -2.47. The van der Waals surface area contributed by atoms with E-state index in [1.807, 2.05) is 52.0 Å². The summed E-state index contributed by atoms with van der Waals surface area (Å²) in [4.78, 5) is 23.8. The number of ether oxygens (including phenoxy) is 2. The fourth-order valence-electron chi connectivity index (χ4n) is 2.31. The summed E-state index contributed by atoms with van der Waals surface area (Å²) in [6.07, 6.45) is 0.113. The van der Waals surface area contributed by atoms with Gasteiger partial charge in [-0.1, -0.05) is 38.1 Å². The number of alkyl carbamates (subject to hydrolysis) is 1. The molecule has 2 N–H and O–H groups in total. The minimum absolute atomic E-state index is 0.171. The van der Waals surface area contributed by atoms with Crippen molar-refractivity contribution in [3.05, 3.63) is 35.4 Å². The molecule has 25 heavy (non-hydrogen) atoms. The van der Waals surface area contributed by atoms with Gasteiger partial charge in [-0.05, 0) is 37.3 Å². The number of carbonyl (C=O) groups excluding carboxylic acids is 2. The fraction of sp³-hybridized carbons (Fsp3) is 0.579. The normalized spacial score (nSPS) is 12.1. The first-order chi connectivity index (χ1) is 11.8. The molecule has 1 atom stereocenters. The van der Waals surface area contributed by atoms with Crippen LogP contribution in [0, 0.1) is 5.92 Å². The van der Waals surface area contributed by atoms with Crippen LogP contribution >= 0.6 is 0 Å². The Labute approximate surface area is 150 Å². The van der Waals surface area contributed by atoms with Crippen LogP contribution in [0.4, 0.5) is 4.79 Å². The number of hydrogen-bond donors (Lipinski definition) is 2. The summed E-state index contributed by atoms with van der Waals surface area (Å²) in [6, 6.07) is 7.28. The first kappa shape index (κ1) is 21.0. The zero-order chi connectivity index (χ0) is 18.8. The van der Waals surface area contributed by atoms with Gasteiger partial charge >= 0.3 is 6.09 Å². The number of rotatable bonds is 9. The van der Waals surface area contributed by atoms with E-state index in [9.17, 15) is 9.59 Å². The highest BCUT2D eigenvalue weighted by molar-refractivity contribution is 5.85. The van der Waals surface area contributed by atoms with Crippen molar-refractivity contribution in [3.63, 3.8) is 0 Å². The molecule has 0 saturated heterocycles. The molecule has 0 aromatic heterocycles. The second kappa shape index (κ2) is 10.7. The zero-order valence-corrected chi connectivity index (χ0v) is 15.8. The molecular formula is C19H30N2O4. The first-order valence-electron chi connectivity index (χ1n) is 8.63. The van der Waals surface area contributed by atoms with Crippen LogP contribution in [-0.4, -0.2) is 31.3 Å². The Morgan fingerprint density at radius 1 is 1.12 bits per heavy atom. The van der Waals surface area contributed by atoms with E-state index in [4.69, 9.17) is 4.74 Å². The van der Waals surface area contributed by atoms with E-state index in [0.717, 1.165) is 11.1 Å². The van der Waals surface area contributed by atoms with E-state index in [-0.39, 0.29) is 17.9 Å². The second-order valence-corrected chi connectivity index (χ2v) is 6.72. The van der Waals surface area contributed by atoms with Crippen LogP contribution in [0.3, 0.4) is 0 Å². The molecule has 1 aromatic rings. The minimum atomic E-state index is -0.611. The average Bonchev–Trinajstić information content (AvgIpc) is 2.57. The molecular weight excluding hydrogens is 320 g/mol. The van der Waals surface area contributed by atoms with Crippen molar-refractivity contribution in [1.29, 1.82) is 0 Å². The highest BCUT2D eigenvalue weighted by Crippen LogP contribution is 2.09. The molecule has 0 aliphatic rings. The molecule has 0 radical (unpaired) electrons. The van der Waals surface area contributed by atoms with Crippen molar-refractivity contribution in [3.8, 4) is 0 Å². The number of nitrogens with one attached hydrogen (secondary N) is 2.